The number of ether oxygens (including phenoxy) is 1. The van der Waals surface area contributed by atoms with Gasteiger partial charge in [-0.05, 0) is 13.0 Å². The van der Waals surface area contributed by atoms with Crippen LogP contribution in [0.2, 0.25) is 0 Å². The molecule has 13 heteroatoms. The molecule has 4 N–H and O–H groups in total. The highest BCUT2D eigenvalue weighted by Crippen LogP contribution is 2.16. The van der Waals surface area contributed by atoms with Crippen molar-refractivity contribution in [3.8, 4) is 0 Å². The number of amides is 2. The Morgan fingerprint density at radius 2 is 2.30 bits per heavy atom. The van der Waals surface area contributed by atoms with Gasteiger partial charge in [0.25, 0.3) is 0 Å². The van der Waals surface area contributed by atoms with Crippen LogP contribution in [0.15, 0.2) is 36.2 Å². The Labute approximate surface area is 196 Å². The number of imidazole rings is 1. The van der Waals surface area contributed by atoms with Crippen LogP contribution in [0.4, 0.5) is 5.82 Å². The van der Waals surface area contributed by atoms with Crippen LogP contribution in [0, 0.1) is 5.41 Å². The van der Waals surface area contributed by atoms with E-state index in [2.05, 4.69) is 50.1 Å². The van der Waals surface area contributed by atoms with E-state index in [4.69, 9.17) is 10.1 Å². The Bertz CT molecular complexity index is 1050. The van der Waals surface area contributed by atoms with Crippen LogP contribution < -0.4 is 16.0 Å². The smallest absolute Gasteiger partial charge is 0.246 e. The normalized spacial score (nSPS) is 17.3. The number of amidine groups is 1. The number of hydrogen-bond acceptors (Lipinski definition) is 7. The Morgan fingerprint density at radius 1 is 1.48 bits per heavy atom. The molecule has 0 radical (unpaired) electrons. The minimum absolute atomic E-state index is 0.154. The van der Waals surface area contributed by atoms with Crippen molar-refractivity contribution in [1.29, 1.82) is 5.41 Å². The van der Waals surface area contributed by atoms with E-state index < -0.39 is 6.04 Å². The maximum absolute atomic E-state index is 12.6. The van der Waals surface area contributed by atoms with Gasteiger partial charge < -0.3 is 30.2 Å². The van der Waals surface area contributed by atoms with Gasteiger partial charge in [-0.25, -0.2) is 15.0 Å². The molecular formula is C20H27N9O3S. The van der Waals surface area contributed by atoms with E-state index in [1.54, 1.807) is 19.4 Å². The van der Waals surface area contributed by atoms with Crippen LogP contribution in [-0.4, -0.2) is 81.3 Å². The number of thiol groups is 1. The number of morpholine rings is 1. The molecule has 12 nitrogen and oxygen atoms in total. The summed E-state index contributed by atoms with van der Waals surface area (Å²) in [5, 5.41) is 16.0. The average molecular weight is 474 g/mol. The number of anilines is 1. The minimum atomic E-state index is -0.679. The SMILES string of the molecule is C=CC(=O)N1CCOC[C@H]1C(=O)NCCn1cnc2cnc(N/C(S)=N/C(C)NC=N)cc21. The third-order valence-corrected chi connectivity index (χ3v) is 5.16. The summed E-state index contributed by atoms with van der Waals surface area (Å²) in [5.41, 5.74) is 1.52. The summed E-state index contributed by atoms with van der Waals surface area (Å²) in [5.74, 6) is -0.0365. The number of carbonyl (C=O) groups excluding carboxylic acids is 2. The molecule has 2 amide bonds. The zero-order valence-electron chi connectivity index (χ0n) is 18.2. The molecule has 2 aromatic rings. The maximum Gasteiger partial charge on any atom is 0.246 e. The molecule has 1 unspecified atom stereocenters. The number of aromatic nitrogens is 3. The molecule has 3 heterocycles. The predicted octanol–water partition coefficient (Wildman–Crippen LogP) is 0.201. The second-order valence-corrected chi connectivity index (χ2v) is 7.60. The lowest BCUT2D eigenvalue weighted by Gasteiger charge is -2.33. The molecule has 2 atom stereocenters. The van der Waals surface area contributed by atoms with Crippen molar-refractivity contribution in [3.63, 3.8) is 0 Å². The number of hydrogen-bond donors (Lipinski definition) is 5. The summed E-state index contributed by atoms with van der Waals surface area (Å²) in [6.07, 6.45) is 5.26. The highest BCUT2D eigenvalue weighted by atomic mass is 32.1. The van der Waals surface area contributed by atoms with Gasteiger partial charge in [0.1, 0.15) is 23.5 Å². The zero-order valence-corrected chi connectivity index (χ0v) is 19.1. The van der Waals surface area contributed by atoms with E-state index in [0.29, 0.717) is 42.7 Å². The minimum Gasteiger partial charge on any atom is -0.377 e. The molecule has 0 spiro atoms. The molecule has 0 aliphatic carbocycles. The van der Waals surface area contributed by atoms with Gasteiger partial charge in [0.05, 0.1) is 37.6 Å². The van der Waals surface area contributed by atoms with E-state index in [0.717, 1.165) is 11.9 Å². The summed E-state index contributed by atoms with van der Waals surface area (Å²) in [6, 6.07) is 1.13. The third kappa shape index (κ3) is 6.29. The molecule has 1 aliphatic rings. The number of fused-ring (bicyclic) bond motifs is 1. The number of aliphatic imine (C=N–C) groups is 1. The van der Waals surface area contributed by atoms with E-state index in [9.17, 15) is 9.59 Å². The van der Waals surface area contributed by atoms with E-state index in [-0.39, 0.29) is 24.6 Å². The first kappa shape index (κ1) is 24.2. The third-order valence-electron chi connectivity index (χ3n) is 4.93. The lowest BCUT2D eigenvalue weighted by atomic mass is 10.2. The number of rotatable bonds is 9. The predicted molar refractivity (Wildman–Crippen MR) is 128 cm³/mol. The molecular weight excluding hydrogens is 446 g/mol. The first-order chi connectivity index (χ1) is 15.9. The molecule has 1 aliphatic heterocycles. The fraction of sp³-hybridized carbons (Fsp3) is 0.400. The number of nitrogens with one attached hydrogen (secondary N) is 4. The van der Waals surface area contributed by atoms with Crippen molar-refractivity contribution < 1.29 is 14.3 Å². The van der Waals surface area contributed by atoms with Gasteiger partial charge in [0.2, 0.25) is 11.8 Å². The van der Waals surface area contributed by atoms with Gasteiger partial charge in [0.15, 0.2) is 5.17 Å². The van der Waals surface area contributed by atoms with Crippen LogP contribution in [0.3, 0.4) is 0 Å². The quantitative estimate of drug-likeness (QED) is 0.151. The van der Waals surface area contributed by atoms with Crippen LogP contribution in [0.5, 0.6) is 0 Å². The molecule has 3 rings (SSSR count). The lowest BCUT2D eigenvalue weighted by Crippen LogP contribution is -2.55. The number of nitrogens with zero attached hydrogens (tertiary/aromatic N) is 5. The van der Waals surface area contributed by atoms with Crippen molar-refractivity contribution in [2.45, 2.75) is 25.7 Å². The topological polar surface area (TPSA) is 150 Å². The monoisotopic (exact) mass is 473 g/mol. The molecule has 1 fully saturated rings. The van der Waals surface area contributed by atoms with Crippen LogP contribution in [-0.2, 0) is 20.9 Å². The molecule has 1 saturated heterocycles. The summed E-state index contributed by atoms with van der Waals surface area (Å²) in [6.45, 7) is 6.99. The molecule has 2 aromatic heterocycles. The Hall–Kier alpha value is -3.45. The van der Waals surface area contributed by atoms with E-state index in [1.807, 2.05) is 10.6 Å². The zero-order chi connectivity index (χ0) is 23.8. The summed E-state index contributed by atoms with van der Waals surface area (Å²) >= 11 is 4.31. The van der Waals surface area contributed by atoms with Gasteiger partial charge >= 0.3 is 0 Å². The van der Waals surface area contributed by atoms with Crippen molar-refractivity contribution in [3.05, 3.63) is 31.2 Å². The van der Waals surface area contributed by atoms with Gasteiger partial charge in [-0.2, -0.15) is 0 Å². The molecule has 176 valence electrons. The fourth-order valence-corrected chi connectivity index (χ4v) is 3.60. The van der Waals surface area contributed by atoms with Crippen LogP contribution >= 0.6 is 12.6 Å². The Balaban J connectivity index is 1.62. The largest absolute Gasteiger partial charge is 0.377 e. The Kier molecular flexibility index (Phi) is 8.38. The first-order valence-corrected chi connectivity index (χ1v) is 10.8. The molecule has 0 bridgehead atoms. The standard InChI is InChI=1S/C20H27N9O3S/c1-3-18(30)29-6-7-32-10-16(29)19(31)22-4-5-28-12-25-14-9-23-17(8-15(14)28)27-20(33)26-13(2)24-11-21/h3,8-9,11-13,16H,1,4-7,10H2,2H3,(H2,21,24)(H,22,31)(H2,23,26,27,33)/t13?,16-/m0/s1. The van der Waals surface area contributed by atoms with Crippen LogP contribution in [0.1, 0.15) is 6.92 Å². The Morgan fingerprint density at radius 3 is 3.06 bits per heavy atom. The van der Waals surface area contributed by atoms with E-state index in [1.165, 1.54) is 11.0 Å². The summed E-state index contributed by atoms with van der Waals surface area (Å²) in [7, 11) is 0. The summed E-state index contributed by atoms with van der Waals surface area (Å²) in [4.78, 5) is 39.0. The van der Waals surface area contributed by atoms with Gasteiger partial charge in [0, 0.05) is 25.7 Å². The number of pyridine rings is 1. The highest BCUT2D eigenvalue weighted by molar-refractivity contribution is 7.97. The van der Waals surface area contributed by atoms with Gasteiger partial charge in [-0.3, -0.25) is 15.0 Å². The van der Waals surface area contributed by atoms with Gasteiger partial charge in [-0.1, -0.05) is 6.58 Å². The maximum atomic E-state index is 12.6. The van der Waals surface area contributed by atoms with E-state index >= 15 is 0 Å². The van der Waals surface area contributed by atoms with Gasteiger partial charge in [-0.15, -0.1) is 12.6 Å². The molecule has 0 saturated carbocycles. The van der Waals surface area contributed by atoms with Crippen LogP contribution in [0.25, 0.3) is 11.0 Å². The fourth-order valence-electron chi connectivity index (χ4n) is 3.32. The number of carbonyl (C=O) groups is 2. The lowest BCUT2D eigenvalue weighted by molar-refractivity contribution is -0.145. The molecule has 33 heavy (non-hydrogen) atoms. The average Bonchev–Trinajstić information content (AvgIpc) is 3.20. The second-order valence-electron chi connectivity index (χ2n) is 7.18. The van der Waals surface area contributed by atoms with Crippen molar-refractivity contribution in [2.24, 2.45) is 4.99 Å². The second kappa shape index (κ2) is 11.4. The van der Waals surface area contributed by atoms with Crippen molar-refractivity contribution >= 4 is 52.8 Å². The van der Waals surface area contributed by atoms with Crippen molar-refractivity contribution in [2.75, 3.05) is 31.6 Å². The highest BCUT2D eigenvalue weighted by Gasteiger charge is 2.31. The summed E-state index contributed by atoms with van der Waals surface area (Å²) < 4.78 is 7.26. The molecule has 0 aromatic carbocycles. The first-order valence-electron chi connectivity index (χ1n) is 10.3. The van der Waals surface area contributed by atoms with Crippen molar-refractivity contribution in [1.82, 2.24) is 30.1 Å².